The number of benzene rings is 2. The molecule has 6 heteroatoms. The zero-order valence-electron chi connectivity index (χ0n) is 11.5. The molecule has 0 aromatic heterocycles. The van der Waals surface area contributed by atoms with Crippen LogP contribution in [0.5, 0.6) is 0 Å². The molecule has 2 aromatic carbocycles. The summed E-state index contributed by atoms with van der Waals surface area (Å²) in [6.45, 7) is 1.34. The molecule has 0 atom stereocenters. The molecule has 0 saturated carbocycles. The SMILES string of the molecule is CC(=O)c1cc([N+](=O)[O-])ccc1N(C)c1cccc(F)c1. The Morgan fingerprint density at radius 3 is 2.52 bits per heavy atom. The summed E-state index contributed by atoms with van der Waals surface area (Å²) in [4.78, 5) is 23.6. The molecule has 0 aliphatic carbocycles. The fourth-order valence-electron chi connectivity index (χ4n) is 2.04. The van der Waals surface area contributed by atoms with Crippen molar-refractivity contribution in [3.8, 4) is 0 Å². The number of rotatable bonds is 4. The van der Waals surface area contributed by atoms with Gasteiger partial charge in [0.05, 0.1) is 10.6 Å². The van der Waals surface area contributed by atoms with Gasteiger partial charge in [0.25, 0.3) is 5.69 Å². The minimum Gasteiger partial charge on any atom is -0.344 e. The molecular formula is C15H13FN2O3. The number of ketones is 1. The van der Waals surface area contributed by atoms with Gasteiger partial charge < -0.3 is 4.90 Å². The van der Waals surface area contributed by atoms with Crippen molar-refractivity contribution in [2.45, 2.75) is 6.92 Å². The summed E-state index contributed by atoms with van der Waals surface area (Å²) in [5.74, 6) is -0.692. The molecule has 0 aliphatic rings. The number of hydrogen-bond donors (Lipinski definition) is 0. The number of hydrogen-bond acceptors (Lipinski definition) is 4. The van der Waals surface area contributed by atoms with Crippen LogP contribution in [0.3, 0.4) is 0 Å². The second kappa shape index (κ2) is 5.70. The third-order valence-corrected chi connectivity index (χ3v) is 3.13. The smallest absolute Gasteiger partial charge is 0.270 e. The highest BCUT2D eigenvalue weighted by Gasteiger charge is 2.17. The zero-order chi connectivity index (χ0) is 15.6. The van der Waals surface area contributed by atoms with Crippen LogP contribution in [0.2, 0.25) is 0 Å². The van der Waals surface area contributed by atoms with Crippen LogP contribution in [0.1, 0.15) is 17.3 Å². The van der Waals surface area contributed by atoms with Gasteiger partial charge in [-0.15, -0.1) is 0 Å². The first-order valence-corrected chi connectivity index (χ1v) is 6.19. The van der Waals surface area contributed by atoms with E-state index in [-0.39, 0.29) is 17.0 Å². The van der Waals surface area contributed by atoms with E-state index in [1.807, 2.05) is 0 Å². The van der Waals surface area contributed by atoms with E-state index >= 15 is 0 Å². The predicted octanol–water partition coefficient (Wildman–Crippen LogP) is 3.70. The van der Waals surface area contributed by atoms with Gasteiger partial charge in [0.2, 0.25) is 0 Å². The maximum absolute atomic E-state index is 13.3. The lowest BCUT2D eigenvalue weighted by Gasteiger charge is -2.21. The van der Waals surface area contributed by atoms with Crippen LogP contribution in [0.4, 0.5) is 21.5 Å². The Labute approximate surface area is 120 Å². The number of anilines is 2. The molecule has 0 fully saturated rings. The third-order valence-electron chi connectivity index (χ3n) is 3.13. The summed E-state index contributed by atoms with van der Waals surface area (Å²) < 4.78 is 13.3. The highest BCUT2D eigenvalue weighted by atomic mass is 19.1. The van der Waals surface area contributed by atoms with Gasteiger partial charge >= 0.3 is 0 Å². The van der Waals surface area contributed by atoms with Crippen LogP contribution in [0.15, 0.2) is 42.5 Å². The Morgan fingerprint density at radius 1 is 1.24 bits per heavy atom. The first-order valence-electron chi connectivity index (χ1n) is 6.19. The zero-order valence-corrected chi connectivity index (χ0v) is 11.5. The van der Waals surface area contributed by atoms with Crippen molar-refractivity contribution in [1.29, 1.82) is 0 Å². The van der Waals surface area contributed by atoms with Gasteiger partial charge in [0.1, 0.15) is 5.82 Å². The lowest BCUT2D eigenvalue weighted by Crippen LogP contribution is -2.13. The summed E-state index contributed by atoms with van der Waals surface area (Å²) in [5.41, 5.74) is 1.10. The fourth-order valence-corrected chi connectivity index (χ4v) is 2.04. The second-order valence-electron chi connectivity index (χ2n) is 4.55. The molecule has 2 aromatic rings. The van der Waals surface area contributed by atoms with Crippen molar-refractivity contribution in [1.82, 2.24) is 0 Å². The van der Waals surface area contributed by atoms with Crippen molar-refractivity contribution in [3.05, 3.63) is 64.0 Å². The van der Waals surface area contributed by atoms with Crippen LogP contribution in [-0.2, 0) is 0 Å². The van der Waals surface area contributed by atoms with Crippen molar-refractivity contribution in [2.75, 3.05) is 11.9 Å². The lowest BCUT2D eigenvalue weighted by molar-refractivity contribution is -0.384. The molecule has 0 radical (unpaired) electrons. The molecule has 0 aliphatic heterocycles. The van der Waals surface area contributed by atoms with E-state index in [1.165, 1.54) is 37.3 Å². The highest BCUT2D eigenvalue weighted by molar-refractivity contribution is 6.01. The minimum atomic E-state index is -0.557. The molecule has 108 valence electrons. The summed E-state index contributed by atoms with van der Waals surface area (Å²) in [6, 6.07) is 9.92. The van der Waals surface area contributed by atoms with Crippen molar-refractivity contribution in [2.24, 2.45) is 0 Å². The molecule has 0 N–H and O–H groups in total. The number of Topliss-reactive ketones (excluding diaryl/α,β-unsaturated/α-hetero) is 1. The second-order valence-corrected chi connectivity index (χ2v) is 4.55. The third kappa shape index (κ3) is 3.05. The monoisotopic (exact) mass is 288 g/mol. The largest absolute Gasteiger partial charge is 0.344 e. The summed E-state index contributed by atoms with van der Waals surface area (Å²) in [6.07, 6.45) is 0. The number of carbonyl (C=O) groups excluding carboxylic acids is 1. The van der Waals surface area contributed by atoms with E-state index in [0.29, 0.717) is 11.4 Å². The van der Waals surface area contributed by atoms with Crippen LogP contribution < -0.4 is 4.90 Å². The quantitative estimate of drug-likeness (QED) is 0.489. The van der Waals surface area contributed by atoms with E-state index in [9.17, 15) is 19.3 Å². The Bertz CT molecular complexity index is 716. The van der Waals surface area contributed by atoms with Crippen LogP contribution in [-0.4, -0.2) is 17.8 Å². The van der Waals surface area contributed by atoms with Gasteiger partial charge in [0, 0.05) is 30.4 Å². The van der Waals surface area contributed by atoms with E-state index in [0.717, 1.165) is 0 Å². The first-order chi connectivity index (χ1) is 9.90. The molecule has 21 heavy (non-hydrogen) atoms. The molecule has 0 amide bonds. The molecule has 0 saturated heterocycles. The van der Waals surface area contributed by atoms with Gasteiger partial charge in [-0.05, 0) is 31.2 Å². The summed E-state index contributed by atoms with van der Waals surface area (Å²) in [5, 5.41) is 10.8. The maximum Gasteiger partial charge on any atom is 0.270 e. The number of nitro benzene ring substituents is 1. The van der Waals surface area contributed by atoms with Gasteiger partial charge in [-0.1, -0.05) is 6.07 Å². The predicted molar refractivity (Wildman–Crippen MR) is 77.6 cm³/mol. The molecule has 0 bridgehead atoms. The minimum absolute atomic E-state index is 0.156. The molecule has 2 rings (SSSR count). The highest BCUT2D eigenvalue weighted by Crippen LogP contribution is 2.30. The lowest BCUT2D eigenvalue weighted by atomic mass is 10.1. The number of non-ortho nitro benzene ring substituents is 1. The van der Waals surface area contributed by atoms with Crippen LogP contribution >= 0.6 is 0 Å². The van der Waals surface area contributed by atoms with Crippen molar-refractivity contribution < 1.29 is 14.1 Å². The Hall–Kier alpha value is -2.76. The Balaban J connectivity index is 2.52. The van der Waals surface area contributed by atoms with Crippen molar-refractivity contribution in [3.63, 3.8) is 0 Å². The maximum atomic E-state index is 13.3. The number of nitrogens with zero attached hydrogens (tertiary/aromatic N) is 2. The molecule has 5 nitrogen and oxygen atoms in total. The van der Waals surface area contributed by atoms with Gasteiger partial charge in [-0.25, -0.2) is 4.39 Å². The van der Waals surface area contributed by atoms with E-state index in [4.69, 9.17) is 0 Å². The van der Waals surface area contributed by atoms with E-state index < -0.39 is 10.7 Å². The topological polar surface area (TPSA) is 63.4 Å². The number of carbonyl (C=O) groups is 1. The molecular weight excluding hydrogens is 275 g/mol. The standard InChI is InChI=1S/C15H13FN2O3/c1-10(19)14-9-13(18(20)21)6-7-15(14)17(2)12-5-3-4-11(16)8-12/h3-9H,1-2H3. The van der Waals surface area contributed by atoms with Crippen LogP contribution in [0.25, 0.3) is 0 Å². The Kier molecular flexibility index (Phi) is 3.98. The summed E-state index contributed by atoms with van der Waals surface area (Å²) in [7, 11) is 1.67. The van der Waals surface area contributed by atoms with Gasteiger partial charge in [-0.2, -0.15) is 0 Å². The van der Waals surface area contributed by atoms with Crippen LogP contribution in [0, 0.1) is 15.9 Å². The Morgan fingerprint density at radius 2 is 1.95 bits per heavy atom. The summed E-state index contributed by atoms with van der Waals surface area (Å²) >= 11 is 0. The normalized spacial score (nSPS) is 10.2. The number of nitro groups is 1. The first kappa shape index (κ1) is 14.6. The fraction of sp³-hybridized carbons (Fsp3) is 0.133. The molecule has 0 unspecified atom stereocenters. The van der Waals surface area contributed by atoms with Crippen molar-refractivity contribution >= 4 is 22.8 Å². The van der Waals surface area contributed by atoms with E-state index in [1.54, 1.807) is 24.1 Å². The number of halogens is 1. The van der Waals surface area contributed by atoms with E-state index in [2.05, 4.69) is 0 Å². The molecule has 0 heterocycles. The van der Waals surface area contributed by atoms with Gasteiger partial charge in [0.15, 0.2) is 5.78 Å². The average Bonchev–Trinajstić information content (AvgIpc) is 2.45. The average molecular weight is 288 g/mol. The van der Waals surface area contributed by atoms with Gasteiger partial charge in [-0.3, -0.25) is 14.9 Å². The molecule has 0 spiro atoms.